The maximum Gasteiger partial charge on any atom is 0.224 e. The summed E-state index contributed by atoms with van der Waals surface area (Å²) >= 11 is 0. The maximum absolute atomic E-state index is 12.7. The van der Waals surface area contributed by atoms with Crippen LogP contribution in [0, 0.1) is 19.8 Å². The van der Waals surface area contributed by atoms with E-state index in [4.69, 9.17) is 4.74 Å². The van der Waals surface area contributed by atoms with Crippen molar-refractivity contribution >= 4 is 11.8 Å². The van der Waals surface area contributed by atoms with E-state index in [0.29, 0.717) is 19.6 Å². The van der Waals surface area contributed by atoms with E-state index in [2.05, 4.69) is 36.6 Å². The minimum absolute atomic E-state index is 0.0277. The second kappa shape index (κ2) is 5.50. The average Bonchev–Trinajstić information content (AvgIpc) is 3.27. The summed E-state index contributed by atoms with van der Waals surface area (Å²) < 4.78 is 5.85. The quantitative estimate of drug-likeness (QED) is 0.869. The largest absolute Gasteiger partial charge is 0.493 e. The zero-order valence-electron chi connectivity index (χ0n) is 14.3. The van der Waals surface area contributed by atoms with E-state index in [1.807, 2.05) is 0 Å². The van der Waals surface area contributed by atoms with Crippen molar-refractivity contribution in [2.45, 2.75) is 51.0 Å². The third-order valence-electron chi connectivity index (χ3n) is 5.94. The Morgan fingerprint density at radius 1 is 1.33 bits per heavy atom. The van der Waals surface area contributed by atoms with Gasteiger partial charge in [0.1, 0.15) is 5.75 Å². The molecule has 0 unspecified atom stereocenters. The lowest BCUT2D eigenvalue weighted by Crippen LogP contribution is -2.48. The number of ether oxygens (including phenoxy) is 1. The van der Waals surface area contributed by atoms with Crippen molar-refractivity contribution in [1.82, 2.24) is 10.6 Å². The van der Waals surface area contributed by atoms with Crippen LogP contribution in [-0.4, -0.2) is 31.0 Å². The summed E-state index contributed by atoms with van der Waals surface area (Å²) in [5, 5.41) is 5.96. The number of hydrogen-bond acceptors (Lipinski definition) is 3. The molecule has 5 heteroatoms. The zero-order valence-corrected chi connectivity index (χ0v) is 14.3. The number of rotatable bonds is 2. The lowest BCUT2D eigenvalue weighted by Gasteiger charge is -2.29. The van der Waals surface area contributed by atoms with Crippen LogP contribution in [0.4, 0.5) is 0 Å². The Labute approximate surface area is 142 Å². The number of amides is 2. The van der Waals surface area contributed by atoms with Gasteiger partial charge in [-0.15, -0.1) is 0 Å². The van der Waals surface area contributed by atoms with Gasteiger partial charge in [-0.05, 0) is 50.3 Å². The first-order valence-electron chi connectivity index (χ1n) is 8.81. The SMILES string of the molecule is Cc1cc2c(cc1C)[C@]1(CCO2)C[C@H]1C(=O)N[C@H]1CCC(=O)NC1. The van der Waals surface area contributed by atoms with Crippen LogP contribution in [0.1, 0.15) is 42.4 Å². The monoisotopic (exact) mass is 328 g/mol. The number of nitrogens with one attached hydrogen (secondary N) is 2. The van der Waals surface area contributed by atoms with Gasteiger partial charge in [-0.2, -0.15) is 0 Å². The molecule has 1 spiro atoms. The highest BCUT2D eigenvalue weighted by Gasteiger charge is 2.61. The lowest BCUT2D eigenvalue weighted by atomic mass is 9.85. The minimum Gasteiger partial charge on any atom is -0.493 e. The number of hydrogen-bond donors (Lipinski definition) is 2. The molecule has 0 bridgehead atoms. The molecular formula is C19H24N2O3. The molecule has 5 nitrogen and oxygen atoms in total. The minimum atomic E-state index is -0.0476. The molecule has 2 amide bonds. The fraction of sp³-hybridized carbons (Fsp3) is 0.579. The third-order valence-corrected chi connectivity index (χ3v) is 5.94. The molecule has 3 atom stereocenters. The zero-order chi connectivity index (χ0) is 16.9. The molecule has 1 aromatic rings. The molecule has 2 aliphatic heterocycles. The predicted octanol–water partition coefficient (Wildman–Crippen LogP) is 1.74. The van der Waals surface area contributed by atoms with Crippen molar-refractivity contribution in [2.75, 3.05) is 13.2 Å². The molecule has 0 radical (unpaired) electrons. The second-order valence-corrected chi connectivity index (χ2v) is 7.49. The normalized spacial score (nSPS) is 31.0. The highest BCUT2D eigenvalue weighted by molar-refractivity contribution is 5.85. The molecular weight excluding hydrogens is 304 g/mol. The first-order chi connectivity index (χ1) is 11.5. The second-order valence-electron chi connectivity index (χ2n) is 7.49. The van der Waals surface area contributed by atoms with Crippen LogP contribution in [0.15, 0.2) is 12.1 Å². The van der Waals surface area contributed by atoms with Crippen LogP contribution in [0.5, 0.6) is 5.75 Å². The molecule has 3 aliphatic rings. The number of aryl methyl sites for hydroxylation is 2. The Hall–Kier alpha value is -2.04. The molecule has 2 fully saturated rings. The summed E-state index contributed by atoms with van der Waals surface area (Å²) in [7, 11) is 0. The van der Waals surface area contributed by atoms with Crippen molar-refractivity contribution in [1.29, 1.82) is 0 Å². The molecule has 1 saturated heterocycles. The fourth-order valence-electron chi connectivity index (χ4n) is 4.16. The van der Waals surface area contributed by atoms with Crippen molar-refractivity contribution in [3.63, 3.8) is 0 Å². The van der Waals surface area contributed by atoms with Crippen LogP contribution >= 0.6 is 0 Å². The van der Waals surface area contributed by atoms with Gasteiger partial charge in [0, 0.05) is 35.9 Å². The molecule has 2 N–H and O–H groups in total. The van der Waals surface area contributed by atoms with Gasteiger partial charge < -0.3 is 15.4 Å². The number of fused-ring (bicyclic) bond motifs is 2. The van der Waals surface area contributed by atoms with Crippen molar-refractivity contribution in [3.8, 4) is 5.75 Å². The molecule has 128 valence electrons. The van der Waals surface area contributed by atoms with E-state index in [1.54, 1.807) is 0 Å². The predicted molar refractivity (Wildman–Crippen MR) is 90.0 cm³/mol. The van der Waals surface area contributed by atoms with Gasteiger partial charge >= 0.3 is 0 Å². The van der Waals surface area contributed by atoms with Gasteiger partial charge in [0.2, 0.25) is 11.8 Å². The van der Waals surface area contributed by atoms with E-state index in [0.717, 1.165) is 25.0 Å². The molecule has 4 rings (SSSR count). The van der Waals surface area contributed by atoms with E-state index in [1.165, 1.54) is 16.7 Å². The van der Waals surface area contributed by atoms with Gasteiger partial charge in [-0.25, -0.2) is 0 Å². The number of carbonyl (C=O) groups excluding carboxylic acids is 2. The summed E-state index contributed by atoms with van der Waals surface area (Å²) in [6.45, 7) is 5.43. The Morgan fingerprint density at radius 3 is 2.88 bits per heavy atom. The van der Waals surface area contributed by atoms with Crippen LogP contribution in [-0.2, 0) is 15.0 Å². The van der Waals surface area contributed by atoms with Crippen LogP contribution in [0.3, 0.4) is 0 Å². The molecule has 1 aromatic carbocycles. The third kappa shape index (κ3) is 2.46. The van der Waals surface area contributed by atoms with Crippen LogP contribution in [0.25, 0.3) is 0 Å². The van der Waals surface area contributed by atoms with Gasteiger partial charge in [0.05, 0.1) is 6.61 Å². The van der Waals surface area contributed by atoms with E-state index in [-0.39, 0.29) is 29.2 Å². The van der Waals surface area contributed by atoms with Crippen LogP contribution in [0.2, 0.25) is 0 Å². The first kappa shape index (κ1) is 15.5. The highest BCUT2D eigenvalue weighted by atomic mass is 16.5. The van der Waals surface area contributed by atoms with E-state index >= 15 is 0 Å². The average molecular weight is 328 g/mol. The Kier molecular flexibility index (Phi) is 3.55. The molecule has 2 heterocycles. The van der Waals surface area contributed by atoms with Crippen molar-refractivity contribution in [2.24, 2.45) is 5.92 Å². The fourth-order valence-corrected chi connectivity index (χ4v) is 4.16. The highest BCUT2D eigenvalue weighted by Crippen LogP contribution is 2.61. The van der Waals surface area contributed by atoms with Gasteiger partial charge in [-0.1, -0.05) is 6.07 Å². The number of piperidine rings is 1. The summed E-state index contributed by atoms with van der Waals surface area (Å²) in [5.74, 6) is 1.18. The smallest absolute Gasteiger partial charge is 0.224 e. The molecule has 0 aromatic heterocycles. The topological polar surface area (TPSA) is 67.4 Å². The van der Waals surface area contributed by atoms with Gasteiger partial charge in [-0.3, -0.25) is 9.59 Å². The maximum atomic E-state index is 12.7. The summed E-state index contributed by atoms with van der Waals surface area (Å²) in [6.07, 6.45) is 3.03. The van der Waals surface area contributed by atoms with Crippen LogP contribution < -0.4 is 15.4 Å². The Morgan fingerprint density at radius 2 is 2.12 bits per heavy atom. The molecule has 1 saturated carbocycles. The molecule has 24 heavy (non-hydrogen) atoms. The Balaban J connectivity index is 1.50. The Bertz CT molecular complexity index is 705. The van der Waals surface area contributed by atoms with Crippen molar-refractivity contribution in [3.05, 3.63) is 28.8 Å². The summed E-state index contributed by atoms with van der Waals surface area (Å²) in [4.78, 5) is 24.0. The van der Waals surface area contributed by atoms with Gasteiger partial charge in [0.25, 0.3) is 0 Å². The van der Waals surface area contributed by atoms with Crippen molar-refractivity contribution < 1.29 is 14.3 Å². The summed E-state index contributed by atoms with van der Waals surface area (Å²) in [6, 6.07) is 4.37. The van der Waals surface area contributed by atoms with E-state index in [9.17, 15) is 9.59 Å². The number of carbonyl (C=O) groups is 2. The standard InChI is InChI=1S/C19H24N2O3/c1-11-7-14-16(8-12(11)2)24-6-5-19(14)9-15(19)18(23)21-13-3-4-17(22)20-10-13/h7-8,13,15H,3-6,9-10H2,1-2H3,(H,20,22)(H,21,23)/t13-,15-,19-/m0/s1. The lowest BCUT2D eigenvalue weighted by molar-refractivity contribution is -0.126. The van der Waals surface area contributed by atoms with Gasteiger partial charge in [0.15, 0.2) is 0 Å². The molecule has 1 aliphatic carbocycles. The van der Waals surface area contributed by atoms with E-state index < -0.39 is 0 Å². The summed E-state index contributed by atoms with van der Waals surface area (Å²) in [5.41, 5.74) is 3.63. The number of benzene rings is 1. The first-order valence-corrected chi connectivity index (χ1v) is 8.81.